The summed E-state index contributed by atoms with van der Waals surface area (Å²) in [5, 5.41) is 33.7. The highest BCUT2D eigenvalue weighted by Gasteiger charge is 2.33. The molecule has 1 fully saturated rings. The summed E-state index contributed by atoms with van der Waals surface area (Å²) in [6.07, 6.45) is -1.11. The molecule has 4 aromatic carbocycles. The molecule has 5 aromatic rings. The first kappa shape index (κ1) is 34.0. The van der Waals surface area contributed by atoms with Crippen molar-refractivity contribution >= 4 is 17.7 Å². The Hall–Kier alpha value is -4.90. The molecule has 0 spiro atoms. The van der Waals surface area contributed by atoms with Crippen molar-refractivity contribution in [2.24, 2.45) is 0 Å². The Balaban J connectivity index is 1.16. The zero-order valence-corrected chi connectivity index (χ0v) is 26.0. The van der Waals surface area contributed by atoms with E-state index >= 15 is 0 Å². The lowest BCUT2D eigenvalue weighted by atomic mass is 10.0. The maximum atomic E-state index is 14.1. The summed E-state index contributed by atoms with van der Waals surface area (Å²) in [7, 11) is 0. The second kappa shape index (κ2) is 14.7. The van der Waals surface area contributed by atoms with Gasteiger partial charge in [0.15, 0.2) is 29.6 Å². The van der Waals surface area contributed by atoms with Crippen LogP contribution in [0.2, 0.25) is 0 Å². The monoisotopic (exact) mass is 699 g/mol. The van der Waals surface area contributed by atoms with Crippen LogP contribution >= 0.6 is 11.8 Å². The SMILES string of the molecule is O=C(NCc1ccc([C@H]2O[C@@H](CSc3nnnn3-c3ccc(O)cc3)C[C@@H](c3ccc(CO)cc3)O2)cc1)c1c(F)c(F)c(F)c(F)c1F. The molecule has 16 heteroatoms. The summed E-state index contributed by atoms with van der Waals surface area (Å²) < 4.78 is 82.9. The number of carbonyl (C=O) groups is 1. The highest BCUT2D eigenvalue weighted by atomic mass is 32.2. The number of aromatic nitrogens is 4. The minimum absolute atomic E-state index is 0.104. The van der Waals surface area contributed by atoms with Gasteiger partial charge in [-0.25, -0.2) is 22.0 Å². The molecular formula is C33H26F5N5O5S. The van der Waals surface area contributed by atoms with Crippen LogP contribution < -0.4 is 5.32 Å². The van der Waals surface area contributed by atoms with E-state index in [1.54, 1.807) is 48.5 Å². The van der Waals surface area contributed by atoms with Gasteiger partial charge in [0, 0.05) is 24.3 Å². The zero-order chi connectivity index (χ0) is 34.7. The predicted octanol–water partition coefficient (Wildman–Crippen LogP) is 5.82. The fraction of sp³-hybridized carbons (Fsp3) is 0.212. The van der Waals surface area contributed by atoms with Crippen molar-refractivity contribution in [1.82, 2.24) is 25.5 Å². The molecule has 254 valence electrons. The average molecular weight is 700 g/mol. The number of nitrogens with zero attached hydrogens (tertiary/aromatic N) is 4. The molecule has 0 radical (unpaired) electrons. The van der Waals surface area contributed by atoms with Crippen molar-refractivity contribution in [3.05, 3.63) is 130 Å². The van der Waals surface area contributed by atoms with Crippen LogP contribution in [0.1, 0.15) is 51.4 Å². The van der Waals surface area contributed by atoms with Gasteiger partial charge < -0.3 is 25.0 Å². The molecule has 0 aliphatic carbocycles. The normalized spacial score (nSPS) is 17.6. The van der Waals surface area contributed by atoms with Gasteiger partial charge in [-0.2, -0.15) is 4.68 Å². The first-order valence-electron chi connectivity index (χ1n) is 14.7. The van der Waals surface area contributed by atoms with Crippen molar-refractivity contribution in [2.45, 2.75) is 43.2 Å². The Kier molecular flexibility index (Phi) is 10.2. The Morgan fingerprint density at radius 2 is 1.45 bits per heavy atom. The van der Waals surface area contributed by atoms with E-state index in [9.17, 15) is 37.0 Å². The summed E-state index contributed by atoms with van der Waals surface area (Å²) in [5.41, 5.74) is 1.75. The first-order chi connectivity index (χ1) is 23.6. The Labute approximate surface area is 279 Å². The lowest BCUT2D eigenvalue weighted by Gasteiger charge is -2.36. The predicted molar refractivity (Wildman–Crippen MR) is 164 cm³/mol. The van der Waals surface area contributed by atoms with Crippen LogP contribution in [0.25, 0.3) is 5.69 Å². The van der Waals surface area contributed by atoms with Crippen molar-refractivity contribution < 1.29 is 46.4 Å². The molecule has 0 saturated carbocycles. The van der Waals surface area contributed by atoms with Gasteiger partial charge in [-0.05, 0) is 51.4 Å². The van der Waals surface area contributed by atoms with Crippen molar-refractivity contribution in [3.63, 3.8) is 0 Å². The third-order valence-corrected chi connectivity index (χ3v) is 8.74. The Morgan fingerprint density at radius 1 is 0.837 bits per heavy atom. The van der Waals surface area contributed by atoms with Crippen LogP contribution in [0.15, 0.2) is 78.0 Å². The molecule has 0 bridgehead atoms. The first-order valence-corrected chi connectivity index (χ1v) is 15.7. The van der Waals surface area contributed by atoms with Gasteiger partial charge in [0.25, 0.3) is 5.91 Å². The standard InChI is InChI=1S/C33H26F5N5O5S/c34-26-25(27(35)29(37)30(38)28(26)36)31(46)39-14-17-1-7-20(8-2-17)32-47-23(13-24(48-32)19-5-3-18(15-44)4-6-19)16-49-33-40-41-42-43(33)21-9-11-22(45)12-10-21/h1-12,23-24,32,44-45H,13-16H2,(H,39,46)/t23-,24+,32+/m1/s1. The number of ether oxygens (including phenoxy) is 2. The van der Waals surface area contributed by atoms with Gasteiger partial charge in [-0.3, -0.25) is 4.79 Å². The number of aliphatic hydroxyl groups excluding tert-OH is 1. The van der Waals surface area contributed by atoms with E-state index in [-0.39, 0.29) is 25.0 Å². The van der Waals surface area contributed by atoms with Crippen LogP contribution in [0.4, 0.5) is 22.0 Å². The fourth-order valence-corrected chi connectivity index (χ4v) is 5.99. The molecule has 3 atom stereocenters. The number of rotatable bonds is 10. The van der Waals surface area contributed by atoms with E-state index in [0.29, 0.717) is 34.1 Å². The molecule has 1 saturated heterocycles. The summed E-state index contributed by atoms with van der Waals surface area (Å²) in [6.45, 7) is -0.388. The summed E-state index contributed by atoms with van der Waals surface area (Å²) >= 11 is 1.36. The van der Waals surface area contributed by atoms with Gasteiger partial charge >= 0.3 is 0 Å². The second-order valence-electron chi connectivity index (χ2n) is 10.9. The number of aliphatic hydroxyl groups is 1. The molecule has 0 unspecified atom stereocenters. The van der Waals surface area contributed by atoms with Crippen LogP contribution in [0, 0.1) is 29.1 Å². The quantitative estimate of drug-likeness (QED) is 0.0714. The third-order valence-electron chi connectivity index (χ3n) is 7.69. The molecular weight excluding hydrogens is 673 g/mol. The lowest BCUT2D eigenvalue weighted by molar-refractivity contribution is -0.245. The number of tetrazole rings is 1. The van der Waals surface area contributed by atoms with Gasteiger partial charge in [0.1, 0.15) is 11.3 Å². The average Bonchev–Trinajstić information content (AvgIpc) is 3.60. The maximum Gasteiger partial charge on any atom is 0.257 e. The summed E-state index contributed by atoms with van der Waals surface area (Å²) in [6, 6.07) is 20.2. The van der Waals surface area contributed by atoms with Gasteiger partial charge in [-0.15, -0.1) is 5.10 Å². The number of phenolic OH excluding ortho intramolecular Hbond substituents is 1. The van der Waals surface area contributed by atoms with Crippen LogP contribution in [0.5, 0.6) is 5.75 Å². The van der Waals surface area contributed by atoms with Crippen LogP contribution in [-0.4, -0.2) is 48.2 Å². The molecule has 6 rings (SSSR count). The number of benzene rings is 4. The number of carbonyl (C=O) groups excluding carboxylic acids is 1. The van der Waals surface area contributed by atoms with Gasteiger partial charge in [-0.1, -0.05) is 60.3 Å². The van der Waals surface area contributed by atoms with E-state index in [2.05, 4.69) is 20.8 Å². The molecule has 49 heavy (non-hydrogen) atoms. The fourth-order valence-electron chi connectivity index (χ4n) is 5.08. The molecule has 1 aliphatic rings. The van der Waals surface area contributed by atoms with Crippen molar-refractivity contribution in [1.29, 1.82) is 0 Å². The summed E-state index contributed by atoms with van der Waals surface area (Å²) in [4.78, 5) is 12.4. The Bertz CT molecular complexity index is 1920. The molecule has 3 N–H and O–H groups in total. The highest BCUT2D eigenvalue weighted by molar-refractivity contribution is 7.99. The number of amides is 1. The largest absolute Gasteiger partial charge is 0.508 e. The van der Waals surface area contributed by atoms with E-state index in [1.807, 2.05) is 12.1 Å². The molecule has 2 heterocycles. The van der Waals surface area contributed by atoms with Gasteiger partial charge in [0.2, 0.25) is 11.0 Å². The van der Waals surface area contributed by atoms with Gasteiger partial charge in [0.05, 0.1) is 24.5 Å². The summed E-state index contributed by atoms with van der Waals surface area (Å²) in [5.74, 6) is -12.1. The number of hydrogen-bond donors (Lipinski definition) is 3. The molecule has 1 aromatic heterocycles. The zero-order valence-electron chi connectivity index (χ0n) is 25.2. The van der Waals surface area contributed by atoms with Crippen molar-refractivity contribution in [2.75, 3.05) is 5.75 Å². The topological polar surface area (TPSA) is 132 Å². The Morgan fingerprint density at radius 3 is 2.10 bits per heavy atom. The number of aromatic hydroxyl groups is 1. The third kappa shape index (κ3) is 7.41. The van der Waals surface area contributed by atoms with Crippen molar-refractivity contribution in [3.8, 4) is 11.4 Å². The van der Waals surface area contributed by atoms with E-state index in [4.69, 9.17) is 9.47 Å². The van der Waals surface area contributed by atoms with E-state index in [1.165, 1.54) is 28.6 Å². The second-order valence-corrected chi connectivity index (χ2v) is 11.9. The van der Waals surface area contributed by atoms with E-state index < -0.39 is 53.0 Å². The highest BCUT2D eigenvalue weighted by Crippen LogP contribution is 2.39. The van der Waals surface area contributed by atoms with E-state index in [0.717, 1.165) is 11.1 Å². The number of thioether (sulfide) groups is 1. The number of hydrogen-bond acceptors (Lipinski definition) is 9. The van der Waals surface area contributed by atoms with Crippen LogP contribution in [-0.2, 0) is 22.6 Å². The number of halogens is 5. The molecule has 10 nitrogen and oxygen atoms in total. The number of phenols is 1. The molecule has 1 aliphatic heterocycles. The number of nitrogens with one attached hydrogen (secondary N) is 1. The minimum atomic E-state index is -2.35. The smallest absolute Gasteiger partial charge is 0.257 e. The maximum absolute atomic E-state index is 14.1. The van der Waals surface area contributed by atoms with Crippen LogP contribution in [0.3, 0.4) is 0 Å². The lowest BCUT2D eigenvalue weighted by Crippen LogP contribution is -2.31. The minimum Gasteiger partial charge on any atom is -0.508 e. The molecule has 1 amide bonds.